The molecule has 0 heterocycles. The first-order chi connectivity index (χ1) is 7.32. The van der Waals surface area contributed by atoms with E-state index in [0.29, 0.717) is 12.8 Å². The van der Waals surface area contributed by atoms with Crippen molar-refractivity contribution in [2.24, 2.45) is 0 Å². The molecular formula is C10H19NO4S. The fourth-order valence-corrected chi connectivity index (χ4v) is 2.19. The summed E-state index contributed by atoms with van der Waals surface area (Å²) in [7, 11) is -2.62. The lowest BCUT2D eigenvalue weighted by atomic mass is 10.2. The lowest BCUT2D eigenvalue weighted by molar-refractivity contribution is -0.124. The highest BCUT2D eigenvalue weighted by Crippen LogP contribution is 2.10. The SMILES string of the molecule is C=CC(=O)N(C)CC(CCCC)S(=O)(=O)O. The predicted octanol–water partition coefficient (Wildman–Crippen LogP) is 1.08. The molecule has 0 bridgehead atoms. The third kappa shape index (κ3) is 5.27. The van der Waals surface area contributed by atoms with E-state index < -0.39 is 15.4 Å². The smallest absolute Gasteiger partial charge is 0.269 e. The van der Waals surface area contributed by atoms with E-state index in [1.165, 1.54) is 11.9 Å². The van der Waals surface area contributed by atoms with E-state index in [2.05, 4.69) is 6.58 Å². The molecule has 1 atom stereocenters. The normalized spacial score (nSPS) is 13.2. The first-order valence-electron chi connectivity index (χ1n) is 5.16. The van der Waals surface area contributed by atoms with Crippen molar-refractivity contribution in [3.63, 3.8) is 0 Å². The second-order valence-corrected chi connectivity index (χ2v) is 5.40. The number of unbranched alkanes of at least 4 members (excludes halogenated alkanes) is 1. The van der Waals surface area contributed by atoms with Gasteiger partial charge in [0.2, 0.25) is 5.91 Å². The zero-order valence-electron chi connectivity index (χ0n) is 9.72. The van der Waals surface area contributed by atoms with Gasteiger partial charge in [0, 0.05) is 13.6 Å². The molecule has 0 aliphatic heterocycles. The summed E-state index contributed by atoms with van der Waals surface area (Å²) in [6.45, 7) is 5.23. The van der Waals surface area contributed by atoms with Gasteiger partial charge in [0.1, 0.15) is 5.25 Å². The first kappa shape index (κ1) is 15.1. The van der Waals surface area contributed by atoms with Crippen molar-refractivity contribution in [2.45, 2.75) is 31.4 Å². The minimum Gasteiger partial charge on any atom is -0.341 e. The minimum absolute atomic E-state index is 0.0102. The molecule has 0 aromatic rings. The molecule has 16 heavy (non-hydrogen) atoms. The average molecular weight is 249 g/mol. The average Bonchev–Trinajstić information content (AvgIpc) is 2.20. The van der Waals surface area contributed by atoms with Crippen LogP contribution in [0.2, 0.25) is 0 Å². The molecular weight excluding hydrogens is 230 g/mol. The van der Waals surface area contributed by atoms with Crippen molar-refractivity contribution in [1.82, 2.24) is 4.90 Å². The molecule has 0 spiro atoms. The van der Waals surface area contributed by atoms with Crippen LogP contribution in [-0.4, -0.2) is 42.6 Å². The summed E-state index contributed by atoms with van der Waals surface area (Å²) in [4.78, 5) is 12.4. The van der Waals surface area contributed by atoms with E-state index >= 15 is 0 Å². The Morgan fingerprint density at radius 3 is 2.50 bits per heavy atom. The largest absolute Gasteiger partial charge is 0.341 e. The summed E-state index contributed by atoms with van der Waals surface area (Å²) in [6, 6.07) is 0. The van der Waals surface area contributed by atoms with Gasteiger partial charge in [0.15, 0.2) is 0 Å². The molecule has 0 rings (SSSR count). The second kappa shape index (κ2) is 6.65. The number of carbonyl (C=O) groups excluding carboxylic acids is 1. The van der Waals surface area contributed by atoms with Crippen LogP contribution in [0.25, 0.3) is 0 Å². The maximum Gasteiger partial charge on any atom is 0.269 e. The number of hydrogen-bond acceptors (Lipinski definition) is 3. The van der Waals surface area contributed by atoms with E-state index in [9.17, 15) is 13.2 Å². The Balaban J connectivity index is 4.55. The number of hydrogen-bond donors (Lipinski definition) is 1. The molecule has 0 saturated heterocycles. The minimum atomic E-state index is -4.10. The van der Waals surface area contributed by atoms with Crippen LogP contribution in [0.4, 0.5) is 0 Å². The summed E-state index contributed by atoms with van der Waals surface area (Å²) in [5.41, 5.74) is 0. The fourth-order valence-electron chi connectivity index (χ4n) is 1.32. The molecule has 0 aliphatic rings. The van der Waals surface area contributed by atoms with E-state index in [1.54, 1.807) is 0 Å². The summed E-state index contributed by atoms with van der Waals surface area (Å²) < 4.78 is 31.2. The van der Waals surface area contributed by atoms with Gasteiger partial charge in [-0.1, -0.05) is 26.3 Å². The highest BCUT2D eigenvalue weighted by atomic mass is 32.2. The molecule has 0 aromatic heterocycles. The maximum atomic E-state index is 11.2. The Hall–Kier alpha value is -0.880. The maximum absolute atomic E-state index is 11.2. The molecule has 1 unspecified atom stereocenters. The molecule has 5 nitrogen and oxygen atoms in total. The van der Waals surface area contributed by atoms with Crippen molar-refractivity contribution in [3.8, 4) is 0 Å². The standard InChI is InChI=1S/C10H19NO4S/c1-4-6-7-9(16(13,14)15)8-11(3)10(12)5-2/h5,9H,2,4,6-8H2,1,3H3,(H,13,14,15). The van der Waals surface area contributed by atoms with Gasteiger partial charge in [-0.25, -0.2) is 0 Å². The number of likely N-dealkylation sites (N-methyl/N-ethyl adjacent to an activating group) is 1. The van der Waals surface area contributed by atoms with Crippen LogP contribution in [-0.2, 0) is 14.9 Å². The van der Waals surface area contributed by atoms with E-state index in [0.717, 1.165) is 12.5 Å². The number of carbonyl (C=O) groups is 1. The van der Waals surface area contributed by atoms with Crippen LogP contribution in [0.5, 0.6) is 0 Å². The molecule has 0 aromatic carbocycles. The van der Waals surface area contributed by atoms with Gasteiger partial charge in [-0.3, -0.25) is 9.35 Å². The van der Waals surface area contributed by atoms with Crippen LogP contribution in [0.1, 0.15) is 26.2 Å². The van der Waals surface area contributed by atoms with Gasteiger partial charge in [0.05, 0.1) is 0 Å². The van der Waals surface area contributed by atoms with Crippen molar-refractivity contribution >= 4 is 16.0 Å². The predicted molar refractivity (Wildman–Crippen MR) is 62.7 cm³/mol. The van der Waals surface area contributed by atoms with Crippen LogP contribution in [0.3, 0.4) is 0 Å². The molecule has 94 valence electrons. The van der Waals surface area contributed by atoms with E-state index in [-0.39, 0.29) is 12.5 Å². The zero-order chi connectivity index (χ0) is 12.8. The summed E-state index contributed by atoms with van der Waals surface area (Å²) in [6.07, 6.45) is 3.00. The Bertz CT molecular complexity index is 337. The fraction of sp³-hybridized carbons (Fsp3) is 0.700. The highest BCUT2D eigenvalue weighted by Gasteiger charge is 2.24. The molecule has 1 N–H and O–H groups in total. The quantitative estimate of drug-likeness (QED) is 0.541. The van der Waals surface area contributed by atoms with Gasteiger partial charge < -0.3 is 4.90 Å². The highest BCUT2D eigenvalue weighted by molar-refractivity contribution is 7.86. The monoisotopic (exact) mass is 249 g/mol. The molecule has 1 amide bonds. The van der Waals surface area contributed by atoms with Gasteiger partial charge in [-0.05, 0) is 12.5 Å². The summed E-state index contributed by atoms with van der Waals surface area (Å²) in [5, 5.41) is -0.915. The third-order valence-electron chi connectivity index (χ3n) is 2.33. The van der Waals surface area contributed by atoms with E-state index in [4.69, 9.17) is 4.55 Å². The molecule has 6 heteroatoms. The van der Waals surface area contributed by atoms with Crippen molar-refractivity contribution in [1.29, 1.82) is 0 Å². The van der Waals surface area contributed by atoms with Crippen molar-refractivity contribution < 1.29 is 17.8 Å². The van der Waals surface area contributed by atoms with Crippen molar-refractivity contribution in [3.05, 3.63) is 12.7 Å². The Kier molecular flexibility index (Phi) is 6.28. The van der Waals surface area contributed by atoms with Gasteiger partial charge >= 0.3 is 0 Å². The molecule has 0 aliphatic carbocycles. The Morgan fingerprint density at radius 1 is 1.56 bits per heavy atom. The third-order valence-corrected chi connectivity index (χ3v) is 3.56. The number of rotatable bonds is 7. The first-order valence-corrected chi connectivity index (χ1v) is 6.67. The van der Waals surface area contributed by atoms with Gasteiger partial charge in [-0.2, -0.15) is 8.42 Å². The number of amides is 1. The van der Waals surface area contributed by atoms with Crippen molar-refractivity contribution in [2.75, 3.05) is 13.6 Å². The number of nitrogens with zero attached hydrogens (tertiary/aromatic N) is 1. The van der Waals surface area contributed by atoms with Gasteiger partial charge in [-0.15, -0.1) is 0 Å². The van der Waals surface area contributed by atoms with Gasteiger partial charge in [0.25, 0.3) is 10.1 Å². The molecule has 0 fully saturated rings. The summed E-state index contributed by atoms with van der Waals surface area (Å²) >= 11 is 0. The van der Waals surface area contributed by atoms with Crippen LogP contribution >= 0.6 is 0 Å². The van der Waals surface area contributed by atoms with Crippen LogP contribution in [0.15, 0.2) is 12.7 Å². The second-order valence-electron chi connectivity index (χ2n) is 3.70. The zero-order valence-corrected chi connectivity index (χ0v) is 10.5. The van der Waals surface area contributed by atoms with E-state index in [1.807, 2.05) is 6.92 Å². The Morgan fingerprint density at radius 2 is 2.12 bits per heavy atom. The molecule has 0 radical (unpaired) electrons. The topological polar surface area (TPSA) is 74.7 Å². The lowest BCUT2D eigenvalue weighted by Gasteiger charge is -2.21. The lowest BCUT2D eigenvalue weighted by Crippen LogP contribution is -2.37. The summed E-state index contributed by atoms with van der Waals surface area (Å²) in [5.74, 6) is -0.356. The van der Waals surface area contributed by atoms with Crippen LogP contribution < -0.4 is 0 Å². The Labute approximate surface area is 96.9 Å². The van der Waals surface area contributed by atoms with Crippen LogP contribution in [0, 0.1) is 0 Å². The molecule has 0 saturated carbocycles.